The summed E-state index contributed by atoms with van der Waals surface area (Å²) in [6.45, 7) is 8.48. The van der Waals surface area contributed by atoms with Crippen molar-refractivity contribution >= 4 is 23.2 Å². The molecule has 156 valence electrons. The summed E-state index contributed by atoms with van der Waals surface area (Å²) in [5.41, 5.74) is 2.40. The number of hydrogen-bond acceptors (Lipinski definition) is 4. The predicted octanol–water partition coefficient (Wildman–Crippen LogP) is 3.23. The number of amides is 1. The lowest BCUT2D eigenvalue weighted by Crippen LogP contribution is -2.52. The summed E-state index contributed by atoms with van der Waals surface area (Å²) in [5.74, 6) is 0.448. The zero-order valence-corrected chi connectivity index (χ0v) is 17.6. The van der Waals surface area contributed by atoms with Crippen LogP contribution in [0, 0.1) is 5.92 Å². The van der Waals surface area contributed by atoms with Crippen molar-refractivity contribution in [2.24, 2.45) is 5.92 Å². The summed E-state index contributed by atoms with van der Waals surface area (Å²) in [6, 6.07) is 14.9. The van der Waals surface area contributed by atoms with Crippen molar-refractivity contribution < 1.29 is 14.3 Å². The molecule has 0 unspecified atom stereocenters. The van der Waals surface area contributed by atoms with Crippen LogP contribution in [-0.4, -0.2) is 24.7 Å². The first-order valence-electron chi connectivity index (χ1n) is 9.53. The fourth-order valence-electron chi connectivity index (χ4n) is 3.31. The quantitative estimate of drug-likeness (QED) is 0.447. The third-order valence-electron chi connectivity index (χ3n) is 4.76. The molecule has 0 spiro atoms. The normalized spacial score (nSPS) is 18.0. The Labute approximate surface area is 182 Å². The van der Waals surface area contributed by atoms with E-state index in [4.69, 9.17) is 21.7 Å². The molecule has 1 fully saturated rings. The lowest BCUT2D eigenvalue weighted by Gasteiger charge is -2.35. The third-order valence-corrected chi connectivity index (χ3v) is 4.98. The van der Waals surface area contributed by atoms with Gasteiger partial charge < -0.3 is 25.4 Å². The Balaban J connectivity index is 1.84. The fourth-order valence-corrected chi connectivity index (χ4v) is 3.57. The molecular formula is C23H25N3O3S. The number of methoxy groups -OCH3 is 1. The van der Waals surface area contributed by atoms with E-state index < -0.39 is 12.0 Å². The number of hydrogen-bond donors (Lipinski definition) is 3. The molecule has 0 saturated carbocycles. The minimum atomic E-state index is -0.565. The van der Waals surface area contributed by atoms with E-state index in [2.05, 4.69) is 29.1 Å². The number of nitrogens with one attached hydrogen (secondary N) is 3. The average molecular weight is 424 g/mol. The van der Waals surface area contributed by atoms with Crippen LogP contribution in [0.15, 0.2) is 73.5 Å². The zero-order valence-electron chi connectivity index (χ0n) is 16.8. The van der Waals surface area contributed by atoms with Crippen molar-refractivity contribution in [2.45, 2.75) is 12.6 Å². The molecule has 0 bridgehead atoms. The molecule has 1 amide bonds. The first kappa shape index (κ1) is 21.4. The average Bonchev–Trinajstić information content (AvgIpc) is 2.76. The molecule has 2 aromatic carbocycles. The molecule has 0 radical (unpaired) electrons. The van der Waals surface area contributed by atoms with Crippen LogP contribution in [0.4, 0.5) is 0 Å². The van der Waals surface area contributed by atoms with Crippen LogP contribution in [0.2, 0.25) is 0 Å². The number of carbonyl (C=O) groups excluding carboxylic acids is 1. The highest BCUT2D eigenvalue weighted by Gasteiger charge is 2.36. The van der Waals surface area contributed by atoms with Crippen LogP contribution < -0.4 is 25.4 Å². The maximum atomic E-state index is 13.1. The minimum absolute atomic E-state index is 0.151. The molecule has 30 heavy (non-hydrogen) atoms. The molecule has 1 heterocycles. The molecule has 3 rings (SSSR count). The maximum absolute atomic E-state index is 13.1. The summed E-state index contributed by atoms with van der Waals surface area (Å²) < 4.78 is 11.1. The molecule has 2 aromatic rings. The van der Waals surface area contributed by atoms with E-state index >= 15 is 0 Å². The second-order valence-corrected chi connectivity index (χ2v) is 7.20. The Morgan fingerprint density at radius 2 is 2.00 bits per heavy atom. The molecule has 1 saturated heterocycles. The van der Waals surface area contributed by atoms with Crippen LogP contribution in [0.5, 0.6) is 11.5 Å². The van der Waals surface area contributed by atoms with E-state index in [-0.39, 0.29) is 5.91 Å². The van der Waals surface area contributed by atoms with Gasteiger partial charge in [0, 0.05) is 12.2 Å². The lowest BCUT2D eigenvalue weighted by molar-refractivity contribution is -0.125. The highest BCUT2D eigenvalue weighted by molar-refractivity contribution is 7.80. The monoisotopic (exact) mass is 423 g/mol. The van der Waals surface area contributed by atoms with Gasteiger partial charge in [-0.15, -0.1) is 0 Å². The summed E-state index contributed by atoms with van der Waals surface area (Å²) in [5, 5.41) is 9.58. The molecule has 0 aromatic heterocycles. The highest BCUT2D eigenvalue weighted by atomic mass is 32.1. The largest absolute Gasteiger partial charge is 0.493 e. The van der Waals surface area contributed by atoms with Crippen LogP contribution in [-0.2, 0) is 11.3 Å². The fraction of sp³-hybridized carbons (Fsp3) is 0.217. The van der Waals surface area contributed by atoms with Crippen molar-refractivity contribution in [3.63, 3.8) is 0 Å². The second kappa shape index (κ2) is 9.93. The van der Waals surface area contributed by atoms with Crippen LogP contribution in [0.25, 0.3) is 0 Å². The van der Waals surface area contributed by atoms with Gasteiger partial charge in [-0.25, -0.2) is 0 Å². The van der Waals surface area contributed by atoms with Gasteiger partial charge in [-0.1, -0.05) is 55.6 Å². The van der Waals surface area contributed by atoms with E-state index in [0.717, 1.165) is 11.1 Å². The van der Waals surface area contributed by atoms with Gasteiger partial charge in [0.2, 0.25) is 5.91 Å². The van der Waals surface area contributed by atoms with Gasteiger partial charge in [0.1, 0.15) is 12.5 Å². The van der Waals surface area contributed by atoms with Crippen LogP contribution in [0.3, 0.4) is 0 Å². The number of rotatable bonds is 8. The third kappa shape index (κ3) is 4.99. The van der Waals surface area contributed by atoms with Crippen molar-refractivity contribution in [2.75, 3.05) is 13.7 Å². The minimum Gasteiger partial charge on any atom is -0.493 e. The van der Waals surface area contributed by atoms with Crippen molar-refractivity contribution in [3.05, 3.63) is 84.6 Å². The second-order valence-electron chi connectivity index (χ2n) is 6.79. The van der Waals surface area contributed by atoms with E-state index in [9.17, 15) is 4.79 Å². The standard InChI is InChI=1S/C23H25N3O3S/c1-4-12-29-18-11-10-17(13-19(18)28-3)21-20(15(2)25-23(30)26-21)22(27)24-14-16-8-6-5-7-9-16/h4-11,13,20-21H,1-2,12,14H2,3H3,(H,24,27)(H2,25,26,30)/t20-,21+/m0/s1. The zero-order chi connectivity index (χ0) is 21.5. The van der Waals surface area contributed by atoms with Gasteiger partial charge >= 0.3 is 0 Å². The summed E-state index contributed by atoms with van der Waals surface area (Å²) in [4.78, 5) is 13.1. The number of ether oxygens (including phenoxy) is 2. The molecule has 2 atom stereocenters. The number of benzene rings is 2. The lowest BCUT2D eigenvalue weighted by atomic mass is 9.88. The Bertz CT molecular complexity index is 946. The van der Waals surface area contributed by atoms with Crippen molar-refractivity contribution in [1.29, 1.82) is 0 Å². The van der Waals surface area contributed by atoms with Gasteiger partial charge in [0.15, 0.2) is 16.6 Å². The topological polar surface area (TPSA) is 71.6 Å². The van der Waals surface area contributed by atoms with Gasteiger partial charge in [0.05, 0.1) is 13.2 Å². The van der Waals surface area contributed by atoms with Gasteiger partial charge in [-0.2, -0.15) is 0 Å². The van der Waals surface area contributed by atoms with Gasteiger partial charge in [-0.05, 0) is 35.5 Å². The Morgan fingerprint density at radius 1 is 1.23 bits per heavy atom. The Hall–Kier alpha value is -3.32. The van der Waals surface area contributed by atoms with E-state index in [1.165, 1.54) is 0 Å². The number of carbonyl (C=O) groups is 1. The van der Waals surface area contributed by atoms with Gasteiger partial charge in [-0.3, -0.25) is 4.79 Å². The summed E-state index contributed by atoms with van der Waals surface area (Å²) in [6.07, 6.45) is 1.66. The molecule has 0 aliphatic carbocycles. The maximum Gasteiger partial charge on any atom is 0.231 e. The molecule has 1 aliphatic heterocycles. The van der Waals surface area contributed by atoms with Gasteiger partial charge in [0.25, 0.3) is 0 Å². The predicted molar refractivity (Wildman–Crippen MR) is 121 cm³/mol. The SMILES string of the molecule is C=CCOc1ccc([C@H]2NC(=S)NC(=C)[C@@H]2C(=O)NCc2ccccc2)cc1OC. The Morgan fingerprint density at radius 3 is 2.70 bits per heavy atom. The molecule has 3 N–H and O–H groups in total. The first-order chi connectivity index (χ1) is 14.5. The molecule has 6 nitrogen and oxygen atoms in total. The van der Waals surface area contributed by atoms with Crippen LogP contribution >= 0.6 is 12.2 Å². The first-order valence-corrected chi connectivity index (χ1v) is 9.94. The van der Waals surface area contributed by atoms with E-state index in [0.29, 0.717) is 35.5 Å². The molecule has 7 heteroatoms. The molecule has 1 aliphatic rings. The van der Waals surface area contributed by atoms with Crippen molar-refractivity contribution in [1.82, 2.24) is 16.0 Å². The van der Waals surface area contributed by atoms with E-state index in [1.807, 2.05) is 48.5 Å². The Kier molecular flexibility index (Phi) is 7.08. The van der Waals surface area contributed by atoms with E-state index in [1.54, 1.807) is 13.2 Å². The van der Waals surface area contributed by atoms with Crippen LogP contribution in [0.1, 0.15) is 17.2 Å². The summed E-state index contributed by atoms with van der Waals surface area (Å²) >= 11 is 5.30. The highest BCUT2D eigenvalue weighted by Crippen LogP contribution is 2.35. The smallest absolute Gasteiger partial charge is 0.231 e. The van der Waals surface area contributed by atoms with Crippen molar-refractivity contribution in [3.8, 4) is 11.5 Å². The summed E-state index contributed by atoms with van der Waals surface area (Å²) in [7, 11) is 1.57. The number of thiocarbonyl (C=S) groups is 1. The molecular weight excluding hydrogens is 398 g/mol.